The lowest BCUT2D eigenvalue weighted by molar-refractivity contribution is -0.114. The molecule has 1 heterocycles. The number of hydrogen-bond acceptors (Lipinski definition) is 2. The van der Waals surface area contributed by atoms with Crippen LogP contribution in [0.1, 0.15) is 11.1 Å². The Morgan fingerprint density at radius 2 is 2.08 bits per heavy atom. The molecule has 1 aromatic rings. The summed E-state index contributed by atoms with van der Waals surface area (Å²) in [5.74, 6) is -0.135. The van der Waals surface area contributed by atoms with Crippen molar-refractivity contribution < 1.29 is 4.79 Å². The van der Waals surface area contributed by atoms with Crippen molar-refractivity contribution >= 4 is 23.0 Å². The minimum Gasteiger partial charge on any atom is -0.347 e. The summed E-state index contributed by atoms with van der Waals surface area (Å²) < 4.78 is 0. The molecule has 1 aliphatic rings. The minimum atomic E-state index is -0.135. The molecule has 3 heteroatoms. The van der Waals surface area contributed by atoms with Crippen molar-refractivity contribution in [1.82, 2.24) is 5.32 Å². The van der Waals surface area contributed by atoms with E-state index >= 15 is 0 Å². The Balaban J connectivity index is 2.56. The molecule has 0 saturated carbocycles. The van der Waals surface area contributed by atoms with E-state index in [0.29, 0.717) is 11.4 Å². The summed E-state index contributed by atoms with van der Waals surface area (Å²) in [5.41, 5.74) is 2.00. The molecule has 0 unspecified atom stereocenters. The van der Waals surface area contributed by atoms with Gasteiger partial charge in [-0.3, -0.25) is 4.79 Å². The van der Waals surface area contributed by atoms with E-state index in [1.807, 2.05) is 24.3 Å². The van der Waals surface area contributed by atoms with Gasteiger partial charge in [0, 0.05) is 12.1 Å². The van der Waals surface area contributed by atoms with Gasteiger partial charge in [0.05, 0.1) is 0 Å². The maximum atomic E-state index is 11.1. The molecule has 0 saturated heterocycles. The number of hydrogen-bond donors (Lipinski definition) is 1. The predicted octanol–water partition coefficient (Wildman–Crippen LogP) is 1.03. The standard InChI is InChI=1S/C9H7NOS/c11-9-8(12)7-4-2-1-3-6(7)5-10-9/h1-4H,5H2,(H,10,11). The van der Waals surface area contributed by atoms with Crippen LogP contribution in [0.25, 0.3) is 0 Å². The second kappa shape index (κ2) is 2.68. The van der Waals surface area contributed by atoms with Crippen LogP contribution >= 0.6 is 12.2 Å². The van der Waals surface area contributed by atoms with Crippen LogP contribution in [0.2, 0.25) is 0 Å². The summed E-state index contributed by atoms with van der Waals surface area (Å²) in [4.78, 5) is 11.5. The zero-order chi connectivity index (χ0) is 8.55. The molecular formula is C9H7NOS. The summed E-state index contributed by atoms with van der Waals surface area (Å²) >= 11 is 4.97. The number of thiocarbonyl (C=S) groups is 1. The van der Waals surface area contributed by atoms with Crippen LogP contribution in [0.4, 0.5) is 0 Å². The normalized spacial score (nSPS) is 15.3. The van der Waals surface area contributed by atoms with Gasteiger partial charge in [-0.1, -0.05) is 36.5 Å². The Morgan fingerprint density at radius 3 is 2.92 bits per heavy atom. The molecule has 0 bridgehead atoms. The van der Waals surface area contributed by atoms with Gasteiger partial charge < -0.3 is 5.32 Å². The van der Waals surface area contributed by atoms with E-state index in [0.717, 1.165) is 11.1 Å². The maximum absolute atomic E-state index is 11.1. The summed E-state index contributed by atoms with van der Waals surface area (Å²) in [6, 6.07) is 7.69. The molecule has 2 nitrogen and oxygen atoms in total. The molecule has 1 N–H and O–H groups in total. The monoisotopic (exact) mass is 177 g/mol. The van der Waals surface area contributed by atoms with Crippen LogP contribution in [0, 0.1) is 0 Å². The Morgan fingerprint density at radius 1 is 1.33 bits per heavy atom. The number of rotatable bonds is 0. The zero-order valence-corrected chi connectivity index (χ0v) is 7.15. The summed E-state index contributed by atoms with van der Waals surface area (Å²) in [6.07, 6.45) is 0. The highest BCUT2D eigenvalue weighted by atomic mass is 32.1. The Labute approximate surface area is 75.6 Å². The van der Waals surface area contributed by atoms with Gasteiger partial charge in [0.15, 0.2) is 0 Å². The lowest BCUT2D eigenvalue weighted by Gasteiger charge is -2.16. The average Bonchev–Trinajstić information content (AvgIpc) is 2.12. The number of amides is 1. The molecule has 12 heavy (non-hydrogen) atoms. The predicted molar refractivity (Wildman–Crippen MR) is 50.0 cm³/mol. The van der Waals surface area contributed by atoms with Gasteiger partial charge in [0.1, 0.15) is 4.86 Å². The van der Waals surface area contributed by atoms with Crippen molar-refractivity contribution in [2.45, 2.75) is 6.54 Å². The van der Waals surface area contributed by atoms with Crippen molar-refractivity contribution in [3.8, 4) is 0 Å². The molecule has 0 aromatic heterocycles. The summed E-state index contributed by atoms with van der Waals surface area (Å²) in [6.45, 7) is 0.592. The van der Waals surface area contributed by atoms with E-state index < -0.39 is 0 Å². The van der Waals surface area contributed by atoms with E-state index in [9.17, 15) is 4.79 Å². The Hall–Kier alpha value is -1.22. The quantitative estimate of drug-likeness (QED) is 0.600. The smallest absolute Gasteiger partial charge is 0.263 e. The van der Waals surface area contributed by atoms with Gasteiger partial charge in [-0.25, -0.2) is 0 Å². The molecule has 1 amide bonds. The van der Waals surface area contributed by atoms with Crippen molar-refractivity contribution in [2.24, 2.45) is 0 Å². The zero-order valence-electron chi connectivity index (χ0n) is 6.33. The highest BCUT2D eigenvalue weighted by molar-refractivity contribution is 7.82. The van der Waals surface area contributed by atoms with Gasteiger partial charge >= 0.3 is 0 Å². The van der Waals surface area contributed by atoms with Gasteiger partial charge in [-0.2, -0.15) is 0 Å². The van der Waals surface area contributed by atoms with Crippen LogP contribution in [0.5, 0.6) is 0 Å². The third kappa shape index (κ3) is 1.02. The Bertz CT molecular complexity index is 359. The van der Waals surface area contributed by atoms with E-state index in [2.05, 4.69) is 5.32 Å². The SMILES string of the molecule is O=C1NCc2ccccc2C1=S. The van der Waals surface area contributed by atoms with Gasteiger partial charge in [0.25, 0.3) is 5.91 Å². The molecule has 0 fully saturated rings. The fourth-order valence-corrected chi connectivity index (χ4v) is 1.55. The van der Waals surface area contributed by atoms with Crippen LogP contribution in [-0.2, 0) is 11.3 Å². The van der Waals surface area contributed by atoms with Crippen molar-refractivity contribution in [3.63, 3.8) is 0 Å². The second-order valence-corrected chi connectivity index (χ2v) is 3.08. The molecule has 0 radical (unpaired) electrons. The number of benzene rings is 1. The number of carbonyl (C=O) groups is 1. The summed E-state index contributed by atoms with van der Waals surface area (Å²) in [5, 5.41) is 2.71. The van der Waals surface area contributed by atoms with Crippen LogP contribution in [0.3, 0.4) is 0 Å². The molecule has 0 atom stereocenters. The summed E-state index contributed by atoms with van der Waals surface area (Å²) in [7, 11) is 0. The molecule has 1 aromatic carbocycles. The highest BCUT2D eigenvalue weighted by Crippen LogP contribution is 2.13. The fourth-order valence-electron chi connectivity index (χ4n) is 1.27. The second-order valence-electron chi connectivity index (χ2n) is 2.67. The van der Waals surface area contributed by atoms with Gasteiger partial charge in [0.2, 0.25) is 0 Å². The first-order valence-electron chi connectivity index (χ1n) is 3.69. The first-order valence-corrected chi connectivity index (χ1v) is 4.10. The minimum absolute atomic E-state index is 0.135. The number of fused-ring (bicyclic) bond motifs is 1. The van der Waals surface area contributed by atoms with Crippen LogP contribution in [-0.4, -0.2) is 10.8 Å². The third-order valence-electron chi connectivity index (χ3n) is 1.91. The lowest BCUT2D eigenvalue weighted by Crippen LogP contribution is -2.35. The molecule has 0 spiro atoms. The van der Waals surface area contributed by atoms with E-state index in [4.69, 9.17) is 12.2 Å². The van der Waals surface area contributed by atoms with Crippen molar-refractivity contribution in [2.75, 3.05) is 0 Å². The molecule has 60 valence electrons. The van der Waals surface area contributed by atoms with Gasteiger partial charge in [-0.15, -0.1) is 0 Å². The topological polar surface area (TPSA) is 29.1 Å². The van der Waals surface area contributed by atoms with E-state index in [-0.39, 0.29) is 5.91 Å². The average molecular weight is 177 g/mol. The van der Waals surface area contributed by atoms with E-state index in [1.165, 1.54) is 0 Å². The maximum Gasteiger partial charge on any atom is 0.263 e. The number of nitrogens with one attached hydrogen (secondary N) is 1. The molecular weight excluding hydrogens is 170 g/mol. The van der Waals surface area contributed by atoms with E-state index in [1.54, 1.807) is 0 Å². The molecule has 0 aliphatic carbocycles. The first-order chi connectivity index (χ1) is 5.79. The molecule has 1 aliphatic heterocycles. The largest absolute Gasteiger partial charge is 0.347 e. The van der Waals surface area contributed by atoms with Gasteiger partial charge in [-0.05, 0) is 5.56 Å². The Kier molecular flexibility index (Phi) is 1.66. The molecule has 2 rings (SSSR count). The first kappa shape index (κ1) is 7.43. The van der Waals surface area contributed by atoms with Crippen molar-refractivity contribution in [3.05, 3.63) is 35.4 Å². The number of carbonyl (C=O) groups excluding carboxylic acids is 1. The van der Waals surface area contributed by atoms with Crippen LogP contribution < -0.4 is 5.32 Å². The highest BCUT2D eigenvalue weighted by Gasteiger charge is 2.19. The van der Waals surface area contributed by atoms with Crippen LogP contribution in [0.15, 0.2) is 24.3 Å². The van der Waals surface area contributed by atoms with Crippen molar-refractivity contribution in [1.29, 1.82) is 0 Å². The lowest BCUT2D eigenvalue weighted by atomic mass is 10.0. The fraction of sp³-hybridized carbons (Fsp3) is 0.111. The third-order valence-corrected chi connectivity index (χ3v) is 2.31.